The Bertz CT molecular complexity index is 459. The molecule has 0 amide bonds. The second-order valence-electron chi connectivity index (χ2n) is 3.36. The molecule has 0 bridgehead atoms. The van der Waals surface area contributed by atoms with E-state index in [1.54, 1.807) is 18.2 Å². The van der Waals surface area contributed by atoms with Crippen LogP contribution >= 0.6 is 23.2 Å². The minimum atomic E-state index is -0.967. The fraction of sp³-hybridized carbons (Fsp3) is 0.182. The lowest BCUT2D eigenvalue weighted by molar-refractivity contribution is 0.0888. The van der Waals surface area contributed by atoms with Gasteiger partial charge in [-0.15, -0.1) is 0 Å². The number of carbonyl (C=O) groups excluding carboxylic acids is 1. The maximum absolute atomic E-state index is 11.0. The number of carbonyl (C=O) groups is 1. The van der Waals surface area contributed by atoms with Crippen LogP contribution in [0.4, 0.5) is 4.79 Å². The molecule has 3 nitrogen and oxygen atoms in total. The van der Waals surface area contributed by atoms with E-state index in [-0.39, 0.29) is 6.61 Å². The van der Waals surface area contributed by atoms with E-state index in [1.807, 2.05) is 0 Å². The molecule has 1 fully saturated rings. The Morgan fingerprint density at radius 2 is 2.12 bits per heavy atom. The molecule has 0 aliphatic carbocycles. The van der Waals surface area contributed by atoms with E-state index in [4.69, 9.17) is 32.7 Å². The molecule has 0 saturated carbocycles. The fourth-order valence-electron chi connectivity index (χ4n) is 1.49. The molecule has 16 heavy (non-hydrogen) atoms. The first kappa shape index (κ1) is 11.3. The maximum atomic E-state index is 11.0. The summed E-state index contributed by atoms with van der Waals surface area (Å²) in [6, 6.07) is 4.99. The lowest BCUT2D eigenvalue weighted by atomic mass is 9.95. The quantitative estimate of drug-likeness (QED) is 0.601. The lowest BCUT2D eigenvalue weighted by Gasteiger charge is -2.21. The number of hydrogen-bond donors (Lipinski definition) is 0. The topological polar surface area (TPSA) is 35.5 Å². The minimum Gasteiger partial charge on any atom is -0.429 e. The van der Waals surface area contributed by atoms with Gasteiger partial charge in [-0.2, -0.15) is 0 Å². The summed E-state index contributed by atoms with van der Waals surface area (Å²) in [5, 5.41) is 0.832. The highest BCUT2D eigenvalue weighted by atomic mass is 35.5. The molecule has 84 valence electrons. The van der Waals surface area contributed by atoms with Gasteiger partial charge in [0, 0.05) is 5.56 Å². The summed E-state index contributed by atoms with van der Waals surface area (Å²) < 4.78 is 9.87. The number of hydrogen-bond acceptors (Lipinski definition) is 3. The van der Waals surface area contributed by atoms with Crippen molar-refractivity contribution in [2.75, 3.05) is 6.61 Å². The monoisotopic (exact) mass is 258 g/mol. The van der Waals surface area contributed by atoms with E-state index in [0.717, 1.165) is 0 Å². The van der Waals surface area contributed by atoms with Gasteiger partial charge in [0.1, 0.15) is 6.61 Å². The Morgan fingerprint density at radius 3 is 2.62 bits per heavy atom. The molecule has 1 aromatic rings. The minimum absolute atomic E-state index is 0.0906. The van der Waals surface area contributed by atoms with Crippen molar-refractivity contribution >= 4 is 29.4 Å². The fourth-order valence-corrected chi connectivity index (χ4v) is 1.79. The number of halogens is 2. The van der Waals surface area contributed by atoms with Crippen LogP contribution in [0, 0.1) is 0 Å². The van der Waals surface area contributed by atoms with Crippen molar-refractivity contribution in [3.8, 4) is 0 Å². The first-order valence-electron chi connectivity index (χ1n) is 4.52. The van der Waals surface area contributed by atoms with Gasteiger partial charge in [0.2, 0.25) is 0 Å². The summed E-state index contributed by atoms with van der Waals surface area (Å²) in [7, 11) is 0. The van der Waals surface area contributed by atoms with E-state index in [2.05, 4.69) is 6.58 Å². The van der Waals surface area contributed by atoms with Crippen molar-refractivity contribution in [2.45, 2.75) is 5.60 Å². The number of cyclic esters (lactones) is 2. The van der Waals surface area contributed by atoms with Crippen molar-refractivity contribution in [3.63, 3.8) is 0 Å². The first-order valence-corrected chi connectivity index (χ1v) is 5.28. The smallest absolute Gasteiger partial charge is 0.429 e. The Balaban J connectivity index is 2.45. The van der Waals surface area contributed by atoms with Crippen LogP contribution in [-0.2, 0) is 15.1 Å². The molecule has 1 aliphatic rings. The summed E-state index contributed by atoms with van der Waals surface area (Å²) in [6.07, 6.45) is 0.795. The Hall–Kier alpha value is -1.19. The van der Waals surface area contributed by atoms with E-state index >= 15 is 0 Å². The zero-order valence-corrected chi connectivity index (χ0v) is 9.72. The molecule has 1 aromatic carbocycles. The van der Waals surface area contributed by atoms with Gasteiger partial charge in [-0.25, -0.2) is 4.79 Å². The second-order valence-corrected chi connectivity index (χ2v) is 4.18. The third-order valence-electron chi connectivity index (χ3n) is 2.41. The highest BCUT2D eigenvalue weighted by Gasteiger charge is 2.41. The van der Waals surface area contributed by atoms with Crippen LogP contribution < -0.4 is 0 Å². The van der Waals surface area contributed by atoms with Crippen molar-refractivity contribution in [2.24, 2.45) is 0 Å². The molecule has 0 N–H and O–H groups in total. The molecular formula is C11H8Cl2O3. The lowest BCUT2D eigenvalue weighted by Crippen LogP contribution is -2.25. The van der Waals surface area contributed by atoms with Gasteiger partial charge in [0.15, 0.2) is 5.60 Å². The van der Waals surface area contributed by atoms with Crippen LogP contribution in [0.15, 0.2) is 30.9 Å². The van der Waals surface area contributed by atoms with Crippen LogP contribution in [0.5, 0.6) is 0 Å². The molecule has 1 aliphatic heterocycles. The van der Waals surface area contributed by atoms with Crippen molar-refractivity contribution < 1.29 is 14.3 Å². The van der Waals surface area contributed by atoms with Gasteiger partial charge in [0.05, 0.1) is 10.0 Å². The van der Waals surface area contributed by atoms with Crippen molar-refractivity contribution in [3.05, 3.63) is 46.5 Å². The number of benzene rings is 1. The van der Waals surface area contributed by atoms with Crippen LogP contribution in [0.1, 0.15) is 5.56 Å². The standard InChI is InChI=1S/C11H8Cl2O3/c1-2-11(6-15-10(14)16-11)7-3-4-8(12)9(13)5-7/h2-5H,1,6H2. The first-order chi connectivity index (χ1) is 7.57. The van der Waals surface area contributed by atoms with Gasteiger partial charge in [0.25, 0.3) is 0 Å². The molecule has 1 atom stereocenters. The summed E-state index contributed by atoms with van der Waals surface area (Å²) in [5.41, 5.74) is -0.284. The average molecular weight is 259 g/mol. The van der Waals surface area contributed by atoms with Gasteiger partial charge in [-0.1, -0.05) is 35.8 Å². The predicted molar refractivity (Wildman–Crippen MR) is 60.8 cm³/mol. The zero-order chi connectivity index (χ0) is 11.8. The Kier molecular flexibility index (Phi) is 2.82. The Labute approximate surface area is 103 Å². The van der Waals surface area contributed by atoms with Crippen molar-refractivity contribution in [1.82, 2.24) is 0 Å². The van der Waals surface area contributed by atoms with Gasteiger partial charge in [-0.3, -0.25) is 0 Å². The highest BCUT2D eigenvalue weighted by Crippen LogP contribution is 2.35. The van der Waals surface area contributed by atoms with Crippen LogP contribution in [0.25, 0.3) is 0 Å². The largest absolute Gasteiger partial charge is 0.509 e. The van der Waals surface area contributed by atoms with E-state index in [0.29, 0.717) is 15.6 Å². The van der Waals surface area contributed by atoms with E-state index in [1.165, 1.54) is 6.08 Å². The van der Waals surface area contributed by atoms with E-state index in [9.17, 15) is 4.79 Å². The third-order valence-corrected chi connectivity index (χ3v) is 3.15. The van der Waals surface area contributed by atoms with Crippen LogP contribution in [0.2, 0.25) is 10.0 Å². The SMILES string of the molecule is C=CC1(c2ccc(Cl)c(Cl)c2)COC(=O)O1. The summed E-state index contributed by atoms with van der Waals surface area (Å²) in [6.45, 7) is 3.74. The predicted octanol–water partition coefficient (Wildman–Crippen LogP) is 3.54. The summed E-state index contributed by atoms with van der Waals surface area (Å²) in [4.78, 5) is 11.0. The molecule has 1 saturated heterocycles. The molecule has 5 heteroatoms. The number of rotatable bonds is 2. The van der Waals surface area contributed by atoms with Gasteiger partial charge < -0.3 is 9.47 Å². The second kappa shape index (κ2) is 4.00. The number of ether oxygens (including phenoxy) is 2. The van der Waals surface area contributed by atoms with Crippen LogP contribution in [0.3, 0.4) is 0 Å². The molecule has 1 heterocycles. The van der Waals surface area contributed by atoms with E-state index < -0.39 is 11.8 Å². The van der Waals surface area contributed by atoms with Gasteiger partial charge in [-0.05, 0) is 18.2 Å². The third kappa shape index (κ3) is 1.77. The normalized spacial score (nSPS) is 23.8. The molecule has 0 aromatic heterocycles. The van der Waals surface area contributed by atoms with Crippen molar-refractivity contribution in [1.29, 1.82) is 0 Å². The van der Waals surface area contributed by atoms with Gasteiger partial charge >= 0.3 is 6.16 Å². The molecule has 0 spiro atoms. The molecule has 2 rings (SSSR count). The maximum Gasteiger partial charge on any atom is 0.509 e. The average Bonchev–Trinajstić information content (AvgIpc) is 2.65. The molecule has 0 radical (unpaired) electrons. The summed E-state index contributed by atoms with van der Waals surface area (Å²) in [5.74, 6) is 0. The molecule has 1 unspecified atom stereocenters. The molecular weight excluding hydrogens is 251 g/mol. The zero-order valence-electron chi connectivity index (χ0n) is 8.20. The summed E-state index contributed by atoms with van der Waals surface area (Å²) >= 11 is 11.7. The van der Waals surface area contributed by atoms with Crippen LogP contribution in [-0.4, -0.2) is 12.8 Å². The Morgan fingerprint density at radius 1 is 1.38 bits per heavy atom. The highest BCUT2D eigenvalue weighted by molar-refractivity contribution is 6.42.